The molecule has 0 radical (unpaired) electrons. The molecule has 2 aliphatic rings. The van der Waals surface area contributed by atoms with Gasteiger partial charge in [-0.3, -0.25) is 13.8 Å². The summed E-state index contributed by atoms with van der Waals surface area (Å²) >= 11 is 1.87. The Morgan fingerprint density at radius 3 is 2.18 bits per heavy atom. The Morgan fingerprint density at radius 1 is 0.867 bits per heavy atom. The number of rotatable bonds is 21. The Bertz CT molecular complexity index is 2250. The summed E-state index contributed by atoms with van der Waals surface area (Å²) in [6.07, 6.45) is 16.3. The molecule has 322 valence electrons. The lowest BCUT2D eigenvalue weighted by Crippen LogP contribution is -2.43. The van der Waals surface area contributed by atoms with Gasteiger partial charge in [-0.05, 0) is 90.7 Å². The number of hydrogen-bond acceptors (Lipinski definition) is 12. The van der Waals surface area contributed by atoms with E-state index in [0.717, 1.165) is 92.7 Å². The minimum atomic E-state index is -2.43. The van der Waals surface area contributed by atoms with Crippen molar-refractivity contribution in [2.75, 3.05) is 30.5 Å². The van der Waals surface area contributed by atoms with E-state index in [4.69, 9.17) is 14.8 Å². The van der Waals surface area contributed by atoms with Gasteiger partial charge < -0.3 is 10.2 Å². The highest BCUT2D eigenvalue weighted by Crippen LogP contribution is 2.49. The normalized spacial score (nSPS) is 16.8. The van der Waals surface area contributed by atoms with Crippen LogP contribution in [0.1, 0.15) is 77.0 Å². The highest BCUT2D eigenvalue weighted by Gasteiger charge is 2.44. The fourth-order valence-corrected chi connectivity index (χ4v) is 9.41. The highest BCUT2D eigenvalue weighted by atomic mass is 32.2. The lowest BCUT2D eigenvalue weighted by Gasteiger charge is -2.25. The van der Waals surface area contributed by atoms with Crippen LogP contribution < -0.4 is 10.2 Å². The highest BCUT2D eigenvalue weighted by molar-refractivity contribution is 8.01. The van der Waals surface area contributed by atoms with Crippen LogP contribution in [0.15, 0.2) is 113 Å². The lowest BCUT2D eigenvalue weighted by molar-refractivity contribution is -0.438. The third-order valence-corrected chi connectivity index (χ3v) is 12.7. The minimum Gasteiger partial charge on any atom is -0.346 e. The van der Waals surface area contributed by atoms with Crippen LogP contribution in [0.25, 0.3) is 0 Å². The Balaban J connectivity index is 1.30. The number of ketones is 1. The number of carbonyl (C=O) groups is 2. The third kappa shape index (κ3) is 11.9. The Kier molecular flexibility index (Phi) is 16.6. The zero-order chi connectivity index (χ0) is 43.5. The van der Waals surface area contributed by atoms with Crippen LogP contribution in [-0.2, 0) is 55.1 Å². The fourth-order valence-electron chi connectivity index (χ4n) is 7.89. The molecule has 0 bridgehead atoms. The molecule has 0 aromatic heterocycles. The molecule has 3 aromatic rings. The Hall–Kier alpha value is -4.03. The molecular weight excluding hydrogens is 823 g/mol. The minimum absolute atomic E-state index is 0.210. The molecule has 12 nitrogen and oxygen atoms in total. The van der Waals surface area contributed by atoms with Gasteiger partial charge in [0.25, 0.3) is 0 Å². The van der Waals surface area contributed by atoms with Crippen molar-refractivity contribution in [2.45, 2.75) is 93.4 Å². The largest absolute Gasteiger partial charge is 0.346 e. The van der Waals surface area contributed by atoms with Crippen molar-refractivity contribution in [3.8, 4) is 0 Å². The number of anilines is 1. The number of amides is 1. The summed E-state index contributed by atoms with van der Waals surface area (Å²) in [4.78, 5) is 30.1. The molecular formula is C45H56N3O9S3+. The van der Waals surface area contributed by atoms with Gasteiger partial charge in [-0.15, -0.1) is 8.67 Å². The van der Waals surface area contributed by atoms with Gasteiger partial charge in [0.05, 0.1) is 35.5 Å². The summed E-state index contributed by atoms with van der Waals surface area (Å²) in [5.74, 6) is -0.553. The maximum absolute atomic E-state index is 13.1. The van der Waals surface area contributed by atoms with Gasteiger partial charge in [-0.1, -0.05) is 72.5 Å². The van der Waals surface area contributed by atoms with E-state index in [1.54, 1.807) is 0 Å². The molecule has 15 heteroatoms. The SMILES string of the molecule is CCN1/C(=C/C=C/C=C/C2=[N+](CCCCCC(=O)N[C@@H](Cc3ccccc3)C(=O)C=S(C)(C)=O)c3ccc(SOOO)cc3C2(C)C)C(C)(C)c2cc(SOOO)ccc21. The molecule has 0 saturated heterocycles. The van der Waals surface area contributed by atoms with E-state index in [9.17, 15) is 13.8 Å². The Labute approximate surface area is 362 Å². The second-order valence-corrected chi connectivity index (χ2v) is 20.5. The van der Waals surface area contributed by atoms with Gasteiger partial charge in [-0.2, -0.15) is 4.58 Å². The summed E-state index contributed by atoms with van der Waals surface area (Å²) in [7, 11) is -2.43. The van der Waals surface area contributed by atoms with E-state index in [1.165, 1.54) is 17.9 Å². The maximum atomic E-state index is 13.1. The van der Waals surface area contributed by atoms with E-state index in [0.29, 0.717) is 19.4 Å². The topological polar surface area (TPSA) is 147 Å². The van der Waals surface area contributed by atoms with Crippen molar-refractivity contribution in [2.24, 2.45) is 0 Å². The molecule has 0 spiro atoms. The summed E-state index contributed by atoms with van der Waals surface area (Å²) < 4.78 is 24.1. The molecule has 1 amide bonds. The first kappa shape index (κ1) is 47.0. The molecule has 0 unspecified atom stereocenters. The Morgan fingerprint density at radius 2 is 1.53 bits per heavy atom. The lowest BCUT2D eigenvalue weighted by atomic mass is 9.81. The predicted octanol–water partition coefficient (Wildman–Crippen LogP) is 8.94. The van der Waals surface area contributed by atoms with Crippen LogP contribution in [0.3, 0.4) is 0 Å². The summed E-state index contributed by atoms with van der Waals surface area (Å²) in [6.45, 7) is 12.4. The molecule has 3 aromatic carbocycles. The molecule has 0 fully saturated rings. The van der Waals surface area contributed by atoms with E-state index >= 15 is 0 Å². The smallest absolute Gasteiger partial charge is 0.220 e. The van der Waals surface area contributed by atoms with Gasteiger partial charge in [-0.25, -0.2) is 10.5 Å². The van der Waals surface area contributed by atoms with Crippen LogP contribution in [0.4, 0.5) is 11.4 Å². The van der Waals surface area contributed by atoms with Crippen molar-refractivity contribution in [1.82, 2.24) is 5.32 Å². The summed E-state index contributed by atoms with van der Waals surface area (Å²) in [5.41, 5.74) is 6.97. The van der Waals surface area contributed by atoms with Crippen molar-refractivity contribution in [1.29, 1.82) is 0 Å². The monoisotopic (exact) mass is 878 g/mol. The number of allylic oxidation sites excluding steroid dienone is 6. The zero-order valence-electron chi connectivity index (χ0n) is 35.2. The van der Waals surface area contributed by atoms with Gasteiger partial charge in [0, 0.05) is 88.0 Å². The summed E-state index contributed by atoms with van der Waals surface area (Å²) in [5, 5.41) is 29.2. The van der Waals surface area contributed by atoms with Crippen LogP contribution in [0, 0.1) is 0 Å². The van der Waals surface area contributed by atoms with Crippen molar-refractivity contribution < 1.29 is 47.6 Å². The fraction of sp³-hybridized carbons (Fsp3) is 0.378. The van der Waals surface area contributed by atoms with E-state index in [-0.39, 0.29) is 28.9 Å². The van der Waals surface area contributed by atoms with Crippen LogP contribution in [0.2, 0.25) is 0 Å². The number of carbonyl (C=O) groups excluding carboxylic acids is 2. The molecule has 2 aliphatic heterocycles. The van der Waals surface area contributed by atoms with E-state index in [2.05, 4.69) is 100 Å². The van der Waals surface area contributed by atoms with E-state index < -0.39 is 15.6 Å². The third-order valence-electron chi connectivity index (χ3n) is 10.7. The number of Topliss-reactive ketones (excluding diaryl/α,β-unsaturated/α-hetero) is 1. The molecule has 0 aliphatic carbocycles. The predicted molar refractivity (Wildman–Crippen MR) is 241 cm³/mol. The molecule has 5 rings (SSSR count). The van der Waals surface area contributed by atoms with E-state index in [1.807, 2.05) is 60.7 Å². The van der Waals surface area contributed by atoms with Gasteiger partial charge in [0.15, 0.2) is 11.5 Å². The van der Waals surface area contributed by atoms with Crippen LogP contribution >= 0.6 is 24.1 Å². The molecule has 1 atom stereocenters. The second-order valence-electron chi connectivity index (χ2n) is 16.1. The molecule has 60 heavy (non-hydrogen) atoms. The number of fused-ring (bicyclic) bond motifs is 2. The number of nitrogens with zero attached hydrogens (tertiary/aromatic N) is 2. The first-order chi connectivity index (χ1) is 28.6. The van der Waals surface area contributed by atoms with Crippen molar-refractivity contribution in [3.63, 3.8) is 0 Å². The second kappa shape index (κ2) is 21.2. The number of likely N-dealkylation sites (N-methyl/N-ethyl adjacent to an activating group) is 1. The van der Waals surface area contributed by atoms with Crippen molar-refractivity contribution in [3.05, 3.63) is 119 Å². The number of unbranched alkanes of at least 4 members (excludes halogenated alkanes) is 2. The maximum Gasteiger partial charge on any atom is 0.220 e. The number of hydrogen-bond donors (Lipinski definition) is 3. The first-order valence-corrected chi connectivity index (χ1v) is 23.8. The molecule has 2 heterocycles. The quantitative estimate of drug-likeness (QED) is 0.0179. The van der Waals surface area contributed by atoms with Gasteiger partial charge in [0.2, 0.25) is 11.6 Å². The first-order valence-electron chi connectivity index (χ1n) is 19.8. The number of benzene rings is 3. The van der Waals surface area contributed by atoms with Crippen LogP contribution in [-0.4, -0.2) is 73.7 Å². The average Bonchev–Trinajstić information content (AvgIpc) is 3.55. The number of nitrogens with one attached hydrogen (secondary N) is 1. The molecule has 0 saturated carbocycles. The standard InChI is InChI=1S/C45H55N3O9S3/c1-8-47-38-25-23-33(58-56-54-51)29-35(38)44(2,3)41(47)20-14-10-15-21-42-45(4,5)36-30-34(59-57-55-52)24-26-39(36)48(42)27-17-11-16-22-43(50)46-37(40(49)31-60(6,7)53)28-32-18-12-9-13-19-32/h9-10,12-15,18-21,23-26,29-31,37H,8,11,16-17,22,27-28H2,1-7H3,(H2-,46,50,51,52)/p+1/t37-/m0/s1. The van der Waals surface area contributed by atoms with Gasteiger partial charge >= 0.3 is 0 Å². The molecule has 3 N–H and O–H groups in total. The van der Waals surface area contributed by atoms with Crippen LogP contribution in [0.5, 0.6) is 0 Å². The van der Waals surface area contributed by atoms with Crippen molar-refractivity contribution >= 4 is 67.8 Å². The summed E-state index contributed by atoms with van der Waals surface area (Å²) in [6, 6.07) is 20.8. The van der Waals surface area contributed by atoms with Gasteiger partial charge in [0.1, 0.15) is 6.54 Å². The zero-order valence-corrected chi connectivity index (χ0v) is 37.7. The average molecular weight is 879 g/mol.